The maximum Gasteiger partial charge on any atom is 0.306 e. The van der Waals surface area contributed by atoms with E-state index in [0.717, 1.165) is 36.7 Å². The monoisotopic (exact) mass is 542 g/mol. The molecule has 0 spiro atoms. The lowest BCUT2D eigenvalue weighted by Crippen LogP contribution is -2.61. The van der Waals surface area contributed by atoms with Crippen molar-refractivity contribution in [2.24, 2.45) is 40.9 Å². The van der Waals surface area contributed by atoms with Crippen molar-refractivity contribution < 1.29 is 29.6 Å². The quantitative estimate of drug-likeness (QED) is 0.197. The van der Waals surface area contributed by atoms with E-state index in [9.17, 15) is 24.9 Å². The fraction of sp³-hybridized carbons (Fsp3) is 0.818. The smallest absolute Gasteiger partial charge is 0.306 e. The Morgan fingerprint density at radius 1 is 1.08 bits per heavy atom. The Morgan fingerprint density at radius 2 is 1.72 bits per heavy atom. The van der Waals surface area contributed by atoms with Crippen molar-refractivity contribution in [3.05, 3.63) is 22.8 Å². The lowest BCUT2D eigenvalue weighted by atomic mass is 9.58. The van der Waals surface area contributed by atoms with E-state index < -0.39 is 28.6 Å². The van der Waals surface area contributed by atoms with Gasteiger partial charge in [-0.05, 0) is 62.0 Å². The molecule has 0 saturated heterocycles. The molecule has 6 nitrogen and oxygen atoms in total. The number of unbranched alkanes of at least 4 members (excludes halogenated alkanes) is 4. The molecule has 5 aliphatic rings. The molecule has 1 unspecified atom stereocenters. The number of aliphatic hydroxyl groups excluding tert-OH is 1. The molecule has 0 aromatic heterocycles. The zero-order valence-corrected chi connectivity index (χ0v) is 24.9. The molecule has 3 N–H and O–H groups in total. The Hall–Kier alpha value is -1.50. The normalized spacial score (nSPS) is 43.7. The minimum absolute atomic E-state index is 0.0117. The SMILES string of the molecule is CC1=CC2[C@@]3(O)[C@H](C)C[C@]4(OC(=O)CCCCCCC[C@H]5C[C@@H]5C)[C@H]([C@@H]3C(C)=C(CO)C[C@]2(O)C1=O)C4(C)C. The number of hydrogen-bond acceptors (Lipinski definition) is 6. The summed E-state index contributed by atoms with van der Waals surface area (Å²) >= 11 is 0. The molecule has 9 atom stereocenters. The molecule has 3 saturated carbocycles. The third kappa shape index (κ3) is 4.30. The van der Waals surface area contributed by atoms with Crippen LogP contribution in [0.15, 0.2) is 22.8 Å². The molecular weight excluding hydrogens is 492 g/mol. The van der Waals surface area contributed by atoms with Gasteiger partial charge in [0, 0.05) is 36.0 Å². The van der Waals surface area contributed by atoms with E-state index in [2.05, 4.69) is 20.8 Å². The summed E-state index contributed by atoms with van der Waals surface area (Å²) in [5.41, 5.74) is -2.36. The van der Waals surface area contributed by atoms with E-state index in [-0.39, 0.29) is 42.0 Å². The maximum absolute atomic E-state index is 13.2. The largest absolute Gasteiger partial charge is 0.458 e. The van der Waals surface area contributed by atoms with Crippen LogP contribution in [0.25, 0.3) is 0 Å². The maximum atomic E-state index is 13.2. The second kappa shape index (κ2) is 9.80. The van der Waals surface area contributed by atoms with Gasteiger partial charge in [0.1, 0.15) is 11.2 Å². The number of rotatable bonds is 10. The molecule has 39 heavy (non-hydrogen) atoms. The number of carbonyl (C=O) groups is 2. The number of fused-ring (bicyclic) bond motifs is 5. The first-order valence-electron chi connectivity index (χ1n) is 15.4. The molecule has 5 aliphatic carbocycles. The zero-order chi connectivity index (χ0) is 28.5. The highest BCUT2D eigenvalue weighted by Gasteiger charge is 2.83. The molecule has 0 aromatic carbocycles. The van der Waals surface area contributed by atoms with Crippen molar-refractivity contribution in [2.45, 2.75) is 123 Å². The van der Waals surface area contributed by atoms with Gasteiger partial charge in [0.25, 0.3) is 0 Å². The van der Waals surface area contributed by atoms with Gasteiger partial charge in [0.15, 0.2) is 5.78 Å². The average Bonchev–Trinajstić information content (AvgIpc) is 3.67. The highest BCUT2D eigenvalue weighted by molar-refractivity contribution is 6.04. The van der Waals surface area contributed by atoms with Crippen molar-refractivity contribution in [1.29, 1.82) is 0 Å². The first kappa shape index (κ1) is 29.0. The Labute approximate surface area is 234 Å². The molecule has 218 valence electrons. The van der Waals surface area contributed by atoms with Crippen molar-refractivity contribution in [1.82, 2.24) is 0 Å². The van der Waals surface area contributed by atoms with Crippen LogP contribution in [0.4, 0.5) is 0 Å². The van der Waals surface area contributed by atoms with Crippen LogP contribution in [-0.2, 0) is 14.3 Å². The van der Waals surface area contributed by atoms with Crippen molar-refractivity contribution >= 4 is 11.8 Å². The Bertz CT molecular complexity index is 1090. The number of esters is 1. The van der Waals surface area contributed by atoms with Gasteiger partial charge in [0.05, 0.1) is 12.2 Å². The zero-order valence-electron chi connectivity index (χ0n) is 24.9. The fourth-order valence-electron chi connectivity index (χ4n) is 9.24. The molecule has 0 aliphatic heterocycles. The highest BCUT2D eigenvalue weighted by atomic mass is 16.6. The molecule has 0 bridgehead atoms. The lowest BCUT2D eigenvalue weighted by Gasteiger charge is -2.51. The summed E-state index contributed by atoms with van der Waals surface area (Å²) in [7, 11) is 0. The van der Waals surface area contributed by atoms with Crippen LogP contribution < -0.4 is 0 Å². The molecule has 0 aromatic rings. The lowest BCUT2D eigenvalue weighted by molar-refractivity contribution is -0.188. The van der Waals surface area contributed by atoms with Crippen molar-refractivity contribution in [3.63, 3.8) is 0 Å². The summed E-state index contributed by atoms with van der Waals surface area (Å²) in [6.07, 6.45) is 10.9. The summed E-state index contributed by atoms with van der Waals surface area (Å²) in [5.74, 6) is -0.362. The summed E-state index contributed by atoms with van der Waals surface area (Å²) < 4.78 is 6.37. The number of carbonyl (C=O) groups excluding carboxylic acids is 2. The van der Waals surface area contributed by atoms with E-state index in [1.807, 2.05) is 13.8 Å². The Balaban J connectivity index is 1.31. The van der Waals surface area contributed by atoms with E-state index in [1.54, 1.807) is 13.0 Å². The van der Waals surface area contributed by atoms with Gasteiger partial charge in [-0.15, -0.1) is 0 Å². The second-order valence-corrected chi connectivity index (χ2v) is 14.5. The summed E-state index contributed by atoms with van der Waals surface area (Å²) in [6, 6.07) is 0. The topological polar surface area (TPSA) is 104 Å². The molecule has 0 heterocycles. The van der Waals surface area contributed by atoms with Crippen molar-refractivity contribution in [2.75, 3.05) is 6.61 Å². The van der Waals surface area contributed by atoms with Crippen LogP contribution >= 0.6 is 0 Å². The minimum atomic E-state index is -1.77. The summed E-state index contributed by atoms with van der Waals surface area (Å²) in [6.45, 7) is 11.8. The van der Waals surface area contributed by atoms with Crippen LogP contribution in [-0.4, -0.2) is 50.5 Å². The number of aliphatic hydroxyl groups is 3. The van der Waals surface area contributed by atoms with Gasteiger partial charge in [-0.25, -0.2) is 0 Å². The van der Waals surface area contributed by atoms with Gasteiger partial charge in [-0.3, -0.25) is 9.59 Å². The first-order valence-corrected chi connectivity index (χ1v) is 15.4. The predicted molar refractivity (Wildman–Crippen MR) is 150 cm³/mol. The van der Waals surface area contributed by atoms with Gasteiger partial charge in [0.2, 0.25) is 0 Å². The highest BCUT2D eigenvalue weighted by Crippen LogP contribution is 2.77. The standard InChI is InChI=1S/C33H50O6/c1-19-14-23(19)12-10-8-7-9-11-13-26(35)39-32-16-21(3)33(38)25-15-20(2)29(36)31(25,37)17-24(18-34)22(4)27(33)28(32)30(32,5)6/h15,19,21,23,25,27-28,34,37-38H,7-14,16-18H2,1-6H3/t19-,21+,23-,25?,27-,28+,31+,32-,33-/m0/s1. The molecular formula is C33H50O6. The number of Topliss-reactive ketones (excluding diaryl/α,β-unsaturated/α-hetero) is 1. The van der Waals surface area contributed by atoms with Gasteiger partial charge >= 0.3 is 5.97 Å². The number of ether oxygens (including phenoxy) is 1. The van der Waals surface area contributed by atoms with E-state index >= 15 is 0 Å². The fourth-order valence-corrected chi connectivity index (χ4v) is 9.24. The third-order valence-electron chi connectivity index (χ3n) is 11.9. The number of ketones is 1. The van der Waals surface area contributed by atoms with Crippen molar-refractivity contribution in [3.8, 4) is 0 Å². The molecule has 0 amide bonds. The van der Waals surface area contributed by atoms with Gasteiger partial charge in [-0.1, -0.05) is 71.4 Å². The molecule has 0 radical (unpaired) electrons. The summed E-state index contributed by atoms with van der Waals surface area (Å²) in [5, 5.41) is 34.6. The predicted octanol–water partition coefficient (Wildman–Crippen LogP) is 5.29. The number of hydrogen-bond donors (Lipinski definition) is 3. The summed E-state index contributed by atoms with van der Waals surface area (Å²) in [4.78, 5) is 26.3. The Kier molecular flexibility index (Phi) is 7.29. The van der Waals surface area contributed by atoms with Crippen LogP contribution in [0.2, 0.25) is 0 Å². The van der Waals surface area contributed by atoms with E-state index in [4.69, 9.17) is 4.74 Å². The Morgan fingerprint density at radius 3 is 2.36 bits per heavy atom. The molecule has 6 heteroatoms. The minimum Gasteiger partial charge on any atom is -0.458 e. The van der Waals surface area contributed by atoms with Gasteiger partial charge in [-0.2, -0.15) is 0 Å². The first-order chi connectivity index (χ1) is 18.3. The van der Waals surface area contributed by atoms with Crippen LogP contribution in [0.1, 0.15) is 106 Å². The third-order valence-corrected chi connectivity index (χ3v) is 11.9. The van der Waals surface area contributed by atoms with E-state index in [1.165, 1.54) is 25.7 Å². The molecule has 5 rings (SSSR count). The molecule has 3 fully saturated rings. The van der Waals surface area contributed by atoms with Crippen LogP contribution in [0.3, 0.4) is 0 Å². The van der Waals surface area contributed by atoms with Gasteiger partial charge < -0.3 is 20.1 Å². The van der Waals surface area contributed by atoms with E-state index in [0.29, 0.717) is 24.0 Å². The van der Waals surface area contributed by atoms with Crippen LogP contribution in [0, 0.1) is 40.9 Å². The average molecular weight is 543 g/mol. The van der Waals surface area contributed by atoms with Crippen LogP contribution in [0.5, 0.6) is 0 Å². The second-order valence-electron chi connectivity index (χ2n) is 14.5.